The Morgan fingerprint density at radius 3 is 2.08 bits per heavy atom. The largest absolute Gasteiger partial charge is 0.291 e. The van der Waals surface area contributed by atoms with Crippen LogP contribution in [0.1, 0.15) is 35.7 Å². The molecule has 0 bridgehead atoms. The normalized spacial score (nSPS) is 10.3. The second-order valence-electron chi connectivity index (χ2n) is 6.25. The number of hydrazine groups is 1. The lowest BCUT2D eigenvalue weighted by Gasteiger charge is -2.24. The Morgan fingerprint density at radius 2 is 1.46 bits per heavy atom. The van der Waals surface area contributed by atoms with Gasteiger partial charge in [-0.15, -0.1) is 0 Å². The number of aryl methyl sites for hydroxylation is 1. The lowest BCUT2D eigenvalue weighted by molar-refractivity contribution is 0.0992. The summed E-state index contributed by atoms with van der Waals surface area (Å²) in [5, 5.41) is 1.59. The number of benzene rings is 3. The molecule has 3 aromatic carbocycles. The molecule has 0 spiro atoms. The van der Waals surface area contributed by atoms with E-state index in [-0.39, 0.29) is 5.91 Å². The van der Waals surface area contributed by atoms with Crippen LogP contribution in [0.25, 0.3) is 0 Å². The molecule has 3 nitrogen and oxygen atoms in total. The third-order valence-corrected chi connectivity index (χ3v) is 4.25. The second kappa shape index (κ2) is 8.86. The summed E-state index contributed by atoms with van der Waals surface area (Å²) in [6.45, 7) is 2.19. The Labute approximate surface area is 155 Å². The van der Waals surface area contributed by atoms with Crippen LogP contribution in [0.2, 0.25) is 0 Å². The first-order valence-electron chi connectivity index (χ1n) is 9.08. The van der Waals surface area contributed by atoms with Crippen LogP contribution in [-0.2, 0) is 6.42 Å². The molecule has 0 saturated carbocycles. The lowest BCUT2D eigenvalue weighted by atomic mass is 10.1. The molecule has 0 unspecified atom stereocenters. The SMILES string of the molecule is CCCCc1ccc(C(=O)N(Nc2ccccc2)c2ccccc2)cc1. The number of carbonyl (C=O) groups excluding carboxylic acids is 1. The van der Waals surface area contributed by atoms with E-state index in [1.807, 2.05) is 72.8 Å². The first-order chi connectivity index (χ1) is 12.8. The number of nitrogens with one attached hydrogen (secondary N) is 1. The molecule has 1 N–H and O–H groups in total. The topological polar surface area (TPSA) is 32.3 Å². The number of nitrogens with zero attached hydrogens (tertiary/aromatic N) is 1. The number of rotatable bonds is 7. The van der Waals surface area contributed by atoms with E-state index in [4.69, 9.17) is 0 Å². The van der Waals surface area contributed by atoms with Gasteiger partial charge < -0.3 is 0 Å². The molecule has 0 heterocycles. The fourth-order valence-electron chi connectivity index (χ4n) is 2.78. The zero-order valence-corrected chi connectivity index (χ0v) is 15.1. The first kappa shape index (κ1) is 17.7. The predicted octanol–water partition coefficient (Wildman–Crippen LogP) is 5.70. The number of hydrogen-bond acceptors (Lipinski definition) is 2. The molecule has 0 atom stereocenters. The standard InChI is InChI=1S/C23H24N2O/c1-2-3-10-19-15-17-20(18-16-19)23(26)25(22-13-8-5-9-14-22)24-21-11-6-4-7-12-21/h4-9,11-18,24H,2-3,10H2,1H3. The fourth-order valence-corrected chi connectivity index (χ4v) is 2.78. The van der Waals surface area contributed by atoms with Gasteiger partial charge in [-0.2, -0.15) is 0 Å². The van der Waals surface area contributed by atoms with Gasteiger partial charge in [0.25, 0.3) is 5.91 Å². The van der Waals surface area contributed by atoms with Crippen molar-refractivity contribution in [3.8, 4) is 0 Å². The summed E-state index contributed by atoms with van der Waals surface area (Å²) in [6, 6.07) is 27.3. The molecule has 1 amide bonds. The number of para-hydroxylation sites is 2. The van der Waals surface area contributed by atoms with Gasteiger partial charge in [-0.25, -0.2) is 5.01 Å². The number of hydrogen-bond donors (Lipinski definition) is 1. The van der Waals surface area contributed by atoms with E-state index in [9.17, 15) is 4.79 Å². The quantitative estimate of drug-likeness (QED) is 0.557. The molecule has 0 radical (unpaired) electrons. The van der Waals surface area contributed by atoms with Gasteiger partial charge in [-0.1, -0.05) is 61.9 Å². The van der Waals surface area contributed by atoms with Crippen molar-refractivity contribution in [2.24, 2.45) is 0 Å². The summed E-state index contributed by atoms with van der Waals surface area (Å²) >= 11 is 0. The maximum absolute atomic E-state index is 13.1. The van der Waals surface area contributed by atoms with E-state index in [0.717, 1.165) is 17.8 Å². The Balaban J connectivity index is 1.85. The molecule has 3 heteroatoms. The molecular weight excluding hydrogens is 320 g/mol. The van der Waals surface area contributed by atoms with Crippen LogP contribution in [0.3, 0.4) is 0 Å². The maximum atomic E-state index is 13.1. The smallest absolute Gasteiger partial charge is 0.276 e. The van der Waals surface area contributed by atoms with E-state index in [2.05, 4.69) is 24.5 Å². The number of unbranched alkanes of at least 4 members (excludes halogenated alkanes) is 1. The monoisotopic (exact) mass is 344 g/mol. The van der Waals surface area contributed by atoms with Crippen molar-refractivity contribution in [1.82, 2.24) is 0 Å². The van der Waals surface area contributed by atoms with Gasteiger partial charge in [0.05, 0.1) is 11.4 Å². The minimum Gasteiger partial charge on any atom is -0.291 e. The minimum atomic E-state index is -0.0814. The molecule has 3 aromatic rings. The number of carbonyl (C=O) groups is 1. The van der Waals surface area contributed by atoms with Crippen molar-refractivity contribution in [2.75, 3.05) is 10.4 Å². The highest BCUT2D eigenvalue weighted by molar-refractivity contribution is 6.07. The van der Waals surface area contributed by atoms with Gasteiger partial charge in [-0.05, 0) is 54.8 Å². The summed E-state index contributed by atoms with van der Waals surface area (Å²) in [5.74, 6) is -0.0814. The summed E-state index contributed by atoms with van der Waals surface area (Å²) in [4.78, 5) is 13.1. The van der Waals surface area contributed by atoms with Gasteiger partial charge in [0.15, 0.2) is 0 Å². The summed E-state index contributed by atoms with van der Waals surface area (Å²) in [7, 11) is 0. The molecule has 0 fully saturated rings. The third kappa shape index (κ3) is 4.51. The molecule has 0 saturated heterocycles. The Kier molecular flexibility index (Phi) is 6.05. The third-order valence-electron chi connectivity index (χ3n) is 4.25. The fraction of sp³-hybridized carbons (Fsp3) is 0.174. The van der Waals surface area contributed by atoms with Crippen LogP contribution in [-0.4, -0.2) is 5.91 Å². The van der Waals surface area contributed by atoms with Crippen molar-refractivity contribution >= 4 is 17.3 Å². The highest BCUT2D eigenvalue weighted by Gasteiger charge is 2.18. The first-order valence-corrected chi connectivity index (χ1v) is 9.08. The predicted molar refractivity (Wildman–Crippen MR) is 108 cm³/mol. The maximum Gasteiger partial charge on any atom is 0.276 e. The summed E-state index contributed by atoms with van der Waals surface area (Å²) < 4.78 is 0. The van der Waals surface area contributed by atoms with E-state index in [1.165, 1.54) is 18.4 Å². The minimum absolute atomic E-state index is 0.0814. The lowest BCUT2D eigenvalue weighted by Crippen LogP contribution is -2.36. The highest BCUT2D eigenvalue weighted by Crippen LogP contribution is 2.19. The van der Waals surface area contributed by atoms with E-state index < -0.39 is 0 Å². The van der Waals surface area contributed by atoms with Gasteiger partial charge in [0.2, 0.25) is 0 Å². The van der Waals surface area contributed by atoms with Crippen molar-refractivity contribution in [2.45, 2.75) is 26.2 Å². The van der Waals surface area contributed by atoms with Crippen molar-refractivity contribution < 1.29 is 4.79 Å². The van der Waals surface area contributed by atoms with Crippen LogP contribution >= 0.6 is 0 Å². The van der Waals surface area contributed by atoms with E-state index in [1.54, 1.807) is 5.01 Å². The molecule has 3 rings (SSSR count). The highest BCUT2D eigenvalue weighted by atomic mass is 16.2. The average Bonchev–Trinajstić information content (AvgIpc) is 2.72. The van der Waals surface area contributed by atoms with E-state index >= 15 is 0 Å². The van der Waals surface area contributed by atoms with Crippen molar-refractivity contribution in [3.63, 3.8) is 0 Å². The molecule has 0 aromatic heterocycles. The van der Waals surface area contributed by atoms with Gasteiger partial charge in [-0.3, -0.25) is 10.2 Å². The van der Waals surface area contributed by atoms with Crippen molar-refractivity contribution in [1.29, 1.82) is 0 Å². The molecule has 132 valence electrons. The number of amides is 1. The summed E-state index contributed by atoms with van der Waals surface area (Å²) in [5.41, 5.74) is 6.83. The van der Waals surface area contributed by atoms with Gasteiger partial charge >= 0.3 is 0 Å². The molecule has 0 aliphatic carbocycles. The summed E-state index contributed by atoms with van der Waals surface area (Å²) in [6.07, 6.45) is 3.39. The van der Waals surface area contributed by atoms with Gasteiger partial charge in [0, 0.05) is 5.56 Å². The zero-order valence-electron chi connectivity index (χ0n) is 15.1. The Morgan fingerprint density at radius 1 is 0.846 bits per heavy atom. The average molecular weight is 344 g/mol. The zero-order chi connectivity index (χ0) is 18.2. The van der Waals surface area contributed by atoms with Crippen molar-refractivity contribution in [3.05, 3.63) is 96.1 Å². The van der Waals surface area contributed by atoms with Crippen LogP contribution in [0, 0.1) is 0 Å². The van der Waals surface area contributed by atoms with Crippen LogP contribution in [0.5, 0.6) is 0 Å². The van der Waals surface area contributed by atoms with Crippen LogP contribution in [0.4, 0.5) is 11.4 Å². The molecule has 0 aliphatic rings. The Hall–Kier alpha value is -3.07. The van der Waals surface area contributed by atoms with E-state index in [0.29, 0.717) is 5.56 Å². The molecule has 0 aliphatic heterocycles. The van der Waals surface area contributed by atoms with Crippen LogP contribution in [0.15, 0.2) is 84.9 Å². The van der Waals surface area contributed by atoms with Gasteiger partial charge in [0.1, 0.15) is 0 Å². The van der Waals surface area contributed by atoms with Crippen LogP contribution < -0.4 is 10.4 Å². The number of anilines is 2. The molecule has 26 heavy (non-hydrogen) atoms. The second-order valence-corrected chi connectivity index (χ2v) is 6.25. The molecular formula is C23H24N2O. The Bertz CT molecular complexity index is 814.